The molecule has 0 radical (unpaired) electrons. The summed E-state index contributed by atoms with van der Waals surface area (Å²) in [6, 6.07) is 2.62. The molecule has 2 amide bonds. The summed E-state index contributed by atoms with van der Waals surface area (Å²) in [5.74, 6) is -1.63. The van der Waals surface area contributed by atoms with E-state index in [1.54, 1.807) is 0 Å². The van der Waals surface area contributed by atoms with E-state index >= 15 is 0 Å². The third-order valence-corrected chi connectivity index (χ3v) is 3.06. The zero-order chi connectivity index (χ0) is 18.4. The molecule has 0 fully saturated rings. The van der Waals surface area contributed by atoms with Gasteiger partial charge in [-0.25, -0.2) is 4.98 Å². The van der Waals surface area contributed by atoms with Crippen LogP contribution in [0.5, 0.6) is 0 Å². The quantitative estimate of drug-likeness (QED) is 0.749. The number of halogens is 3. The standard InChI is InChI=1S/C15H13F3N4O3/c16-15(17,18)9-2-1-3-10(6-9)21-14(25)12(8-23)22-13(24)11-7-19-4-5-20-11/h1-7,12,23H,8H2,(H,21,25)(H,22,24)/t12-/m0/s1. The monoisotopic (exact) mass is 354 g/mol. The second-order valence-corrected chi connectivity index (χ2v) is 4.87. The molecule has 7 nitrogen and oxygen atoms in total. The Labute approximate surface area is 139 Å². The van der Waals surface area contributed by atoms with Crippen LogP contribution in [0.1, 0.15) is 16.1 Å². The van der Waals surface area contributed by atoms with Gasteiger partial charge >= 0.3 is 6.18 Å². The number of aliphatic hydroxyl groups is 1. The number of carbonyl (C=O) groups is 2. The predicted molar refractivity (Wildman–Crippen MR) is 80.4 cm³/mol. The number of aliphatic hydroxyl groups excluding tert-OH is 1. The molecule has 0 aliphatic carbocycles. The first-order valence-electron chi connectivity index (χ1n) is 6.97. The maximum absolute atomic E-state index is 12.7. The number of carbonyl (C=O) groups excluding carboxylic acids is 2. The average Bonchev–Trinajstić information content (AvgIpc) is 2.59. The van der Waals surface area contributed by atoms with Gasteiger partial charge in [0, 0.05) is 18.1 Å². The molecular formula is C15H13F3N4O3. The third kappa shape index (κ3) is 4.98. The van der Waals surface area contributed by atoms with Crippen molar-refractivity contribution in [3.8, 4) is 0 Å². The van der Waals surface area contributed by atoms with Crippen LogP contribution in [-0.4, -0.2) is 39.5 Å². The minimum absolute atomic E-state index is 0.0761. The number of hydrogen-bond acceptors (Lipinski definition) is 5. The van der Waals surface area contributed by atoms with Crippen molar-refractivity contribution in [2.24, 2.45) is 0 Å². The summed E-state index contributed by atoms with van der Waals surface area (Å²) in [7, 11) is 0. The van der Waals surface area contributed by atoms with E-state index in [1.165, 1.54) is 18.5 Å². The van der Waals surface area contributed by atoms with Gasteiger partial charge in [0.25, 0.3) is 5.91 Å². The van der Waals surface area contributed by atoms with Crippen LogP contribution in [0.2, 0.25) is 0 Å². The van der Waals surface area contributed by atoms with E-state index in [2.05, 4.69) is 20.6 Å². The highest BCUT2D eigenvalue weighted by Gasteiger charge is 2.30. The van der Waals surface area contributed by atoms with Crippen LogP contribution in [0, 0.1) is 0 Å². The van der Waals surface area contributed by atoms with E-state index in [4.69, 9.17) is 0 Å². The van der Waals surface area contributed by atoms with Crippen LogP contribution >= 0.6 is 0 Å². The van der Waals surface area contributed by atoms with E-state index in [-0.39, 0.29) is 11.4 Å². The molecule has 25 heavy (non-hydrogen) atoms. The molecule has 2 aromatic rings. The number of nitrogens with zero attached hydrogens (tertiary/aromatic N) is 2. The maximum atomic E-state index is 12.7. The van der Waals surface area contributed by atoms with E-state index in [0.29, 0.717) is 0 Å². The summed E-state index contributed by atoms with van der Waals surface area (Å²) in [4.78, 5) is 31.4. The van der Waals surface area contributed by atoms with Gasteiger partial charge in [-0.2, -0.15) is 13.2 Å². The summed E-state index contributed by atoms with van der Waals surface area (Å²) in [5.41, 5.74) is -1.13. The topological polar surface area (TPSA) is 104 Å². The van der Waals surface area contributed by atoms with Gasteiger partial charge in [-0.1, -0.05) is 6.07 Å². The summed E-state index contributed by atoms with van der Waals surface area (Å²) < 4.78 is 38.0. The molecule has 1 aromatic heterocycles. The Bertz CT molecular complexity index is 753. The number of alkyl halides is 3. The summed E-state index contributed by atoms with van der Waals surface area (Å²) >= 11 is 0. The Morgan fingerprint density at radius 3 is 2.60 bits per heavy atom. The molecule has 2 rings (SSSR count). The van der Waals surface area contributed by atoms with Gasteiger partial charge in [0.1, 0.15) is 11.7 Å². The summed E-state index contributed by atoms with van der Waals surface area (Å²) in [6.45, 7) is -0.753. The molecule has 1 atom stereocenters. The zero-order valence-electron chi connectivity index (χ0n) is 12.6. The minimum Gasteiger partial charge on any atom is -0.394 e. The normalized spacial score (nSPS) is 12.3. The lowest BCUT2D eigenvalue weighted by atomic mass is 10.2. The molecule has 10 heteroatoms. The molecule has 0 aliphatic rings. The predicted octanol–water partition coefficient (Wildman–Crippen LogP) is 1.22. The van der Waals surface area contributed by atoms with Crippen molar-refractivity contribution in [1.29, 1.82) is 0 Å². The lowest BCUT2D eigenvalue weighted by Gasteiger charge is -2.16. The van der Waals surface area contributed by atoms with Crippen molar-refractivity contribution < 1.29 is 27.9 Å². The number of aromatic nitrogens is 2. The summed E-state index contributed by atoms with van der Waals surface area (Å²) in [6.07, 6.45) is -0.780. The molecule has 0 unspecified atom stereocenters. The lowest BCUT2D eigenvalue weighted by molar-refractivity contribution is -0.137. The number of benzene rings is 1. The van der Waals surface area contributed by atoms with Crippen LogP contribution in [0.15, 0.2) is 42.9 Å². The molecular weight excluding hydrogens is 341 g/mol. The Kier molecular flexibility index (Phi) is 5.65. The van der Waals surface area contributed by atoms with Crippen molar-refractivity contribution in [2.45, 2.75) is 12.2 Å². The molecule has 0 spiro atoms. The fourth-order valence-electron chi connectivity index (χ4n) is 1.85. The van der Waals surface area contributed by atoms with Crippen LogP contribution in [0.25, 0.3) is 0 Å². The van der Waals surface area contributed by atoms with Gasteiger partial charge in [-0.3, -0.25) is 14.6 Å². The van der Waals surface area contributed by atoms with E-state index in [0.717, 1.165) is 24.4 Å². The number of rotatable bonds is 5. The number of hydrogen-bond donors (Lipinski definition) is 3. The largest absolute Gasteiger partial charge is 0.416 e. The van der Waals surface area contributed by atoms with Gasteiger partial charge in [0.15, 0.2) is 0 Å². The van der Waals surface area contributed by atoms with Crippen molar-refractivity contribution in [2.75, 3.05) is 11.9 Å². The van der Waals surface area contributed by atoms with Gasteiger partial charge in [-0.15, -0.1) is 0 Å². The Morgan fingerprint density at radius 2 is 2.00 bits per heavy atom. The van der Waals surface area contributed by atoms with Gasteiger partial charge in [0.2, 0.25) is 5.91 Å². The average molecular weight is 354 g/mol. The summed E-state index contributed by atoms with van der Waals surface area (Å²) in [5, 5.41) is 13.7. The zero-order valence-corrected chi connectivity index (χ0v) is 12.6. The Balaban J connectivity index is 2.06. The molecule has 0 aliphatic heterocycles. The van der Waals surface area contributed by atoms with Crippen LogP contribution < -0.4 is 10.6 Å². The fourth-order valence-corrected chi connectivity index (χ4v) is 1.85. The van der Waals surface area contributed by atoms with E-state index in [9.17, 15) is 27.9 Å². The molecule has 0 bridgehead atoms. The number of amides is 2. The van der Waals surface area contributed by atoms with Gasteiger partial charge < -0.3 is 15.7 Å². The molecule has 0 saturated carbocycles. The first kappa shape index (κ1) is 18.3. The first-order chi connectivity index (χ1) is 11.8. The SMILES string of the molecule is O=C(N[C@@H](CO)C(=O)Nc1cccc(C(F)(F)F)c1)c1cnccn1. The third-order valence-electron chi connectivity index (χ3n) is 3.06. The highest BCUT2D eigenvalue weighted by Crippen LogP contribution is 2.30. The highest BCUT2D eigenvalue weighted by atomic mass is 19.4. The van der Waals surface area contributed by atoms with Crippen molar-refractivity contribution in [3.05, 3.63) is 54.1 Å². The van der Waals surface area contributed by atoms with Crippen LogP contribution in [-0.2, 0) is 11.0 Å². The van der Waals surface area contributed by atoms with Crippen LogP contribution in [0.3, 0.4) is 0 Å². The molecule has 3 N–H and O–H groups in total. The minimum atomic E-state index is -4.56. The van der Waals surface area contributed by atoms with Crippen molar-refractivity contribution in [3.63, 3.8) is 0 Å². The van der Waals surface area contributed by atoms with Gasteiger partial charge in [-0.05, 0) is 18.2 Å². The second kappa shape index (κ2) is 7.71. The van der Waals surface area contributed by atoms with Crippen molar-refractivity contribution in [1.82, 2.24) is 15.3 Å². The fraction of sp³-hybridized carbons (Fsp3) is 0.200. The number of anilines is 1. The Hall–Kier alpha value is -3.01. The molecule has 1 heterocycles. The maximum Gasteiger partial charge on any atom is 0.416 e. The number of nitrogens with one attached hydrogen (secondary N) is 2. The van der Waals surface area contributed by atoms with E-state index in [1.807, 2.05) is 0 Å². The first-order valence-corrected chi connectivity index (χ1v) is 6.97. The van der Waals surface area contributed by atoms with Crippen LogP contribution in [0.4, 0.5) is 18.9 Å². The molecule has 132 valence electrons. The lowest BCUT2D eigenvalue weighted by Crippen LogP contribution is -2.46. The molecule has 1 aromatic carbocycles. The van der Waals surface area contributed by atoms with E-state index < -0.39 is 36.2 Å². The molecule has 0 saturated heterocycles. The smallest absolute Gasteiger partial charge is 0.394 e. The Morgan fingerprint density at radius 1 is 1.24 bits per heavy atom. The van der Waals surface area contributed by atoms with Crippen molar-refractivity contribution >= 4 is 17.5 Å². The second-order valence-electron chi connectivity index (χ2n) is 4.87. The highest BCUT2D eigenvalue weighted by molar-refractivity contribution is 6.00. The van der Waals surface area contributed by atoms with Gasteiger partial charge in [0.05, 0.1) is 18.4 Å².